The lowest BCUT2D eigenvalue weighted by molar-refractivity contribution is 0.164. The van der Waals surface area contributed by atoms with E-state index < -0.39 is 6.10 Å². The Hall–Kier alpha value is -1.33. The van der Waals surface area contributed by atoms with Crippen LogP contribution in [0.15, 0.2) is 34.9 Å². The van der Waals surface area contributed by atoms with Gasteiger partial charge in [0.25, 0.3) is 0 Å². The van der Waals surface area contributed by atoms with Crippen LogP contribution in [-0.4, -0.2) is 20.5 Å². The standard InChI is InChI=1S/C15H20N2O2S/c1-3-11(2)20-10-14-16-15(19-17-14)9-13(18)12-7-5-4-6-8-12/h4-8,11,13,18H,3,9-10H2,1-2H3. The molecule has 4 nitrogen and oxygen atoms in total. The van der Waals surface area contributed by atoms with Crippen molar-refractivity contribution >= 4 is 11.8 Å². The molecule has 108 valence electrons. The highest BCUT2D eigenvalue weighted by Crippen LogP contribution is 2.20. The summed E-state index contributed by atoms with van der Waals surface area (Å²) in [4.78, 5) is 4.32. The van der Waals surface area contributed by atoms with Gasteiger partial charge in [-0.3, -0.25) is 0 Å². The van der Waals surface area contributed by atoms with E-state index in [1.807, 2.05) is 42.1 Å². The van der Waals surface area contributed by atoms with Gasteiger partial charge in [0, 0.05) is 5.25 Å². The molecule has 2 unspecified atom stereocenters. The van der Waals surface area contributed by atoms with E-state index in [4.69, 9.17) is 4.52 Å². The largest absolute Gasteiger partial charge is 0.388 e. The Bertz CT molecular complexity index is 516. The van der Waals surface area contributed by atoms with Crippen molar-refractivity contribution in [2.24, 2.45) is 0 Å². The molecule has 0 fully saturated rings. The van der Waals surface area contributed by atoms with E-state index in [-0.39, 0.29) is 0 Å². The molecule has 0 aliphatic heterocycles. The van der Waals surface area contributed by atoms with Crippen molar-refractivity contribution in [2.75, 3.05) is 0 Å². The number of rotatable bonds is 7. The van der Waals surface area contributed by atoms with Gasteiger partial charge in [-0.25, -0.2) is 0 Å². The molecule has 1 heterocycles. The second kappa shape index (κ2) is 7.45. The zero-order chi connectivity index (χ0) is 14.4. The second-order valence-electron chi connectivity index (χ2n) is 4.76. The lowest BCUT2D eigenvalue weighted by Gasteiger charge is -2.07. The van der Waals surface area contributed by atoms with Crippen LogP contribution >= 0.6 is 11.8 Å². The monoisotopic (exact) mass is 292 g/mol. The van der Waals surface area contributed by atoms with E-state index in [2.05, 4.69) is 24.0 Å². The van der Waals surface area contributed by atoms with Gasteiger partial charge in [-0.1, -0.05) is 49.3 Å². The van der Waals surface area contributed by atoms with Crippen LogP contribution in [0.2, 0.25) is 0 Å². The number of nitrogens with zero attached hydrogens (tertiary/aromatic N) is 2. The van der Waals surface area contributed by atoms with E-state index in [1.54, 1.807) is 0 Å². The summed E-state index contributed by atoms with van der Waals surface area (Å²) in [5, 5.41) is 14.6. The molecule has 0 aliphatic rings. The molecule has 0 saturated heterocycles. The molecule has 2 atom stereocenters. The Morgan fingerprint density at radius 2 is 2.05 bits per heavy atom. The lowest BCUT2D eigenvalue weighted by Crippen LogP contribution is -2.02. The number of aromatic nitrogens is 2. The van der Waals surface area contributed by atoms with E-state index >= 15 is 0 Å². The molecule has 1 aromatic heterocycles. The number of aliphatic hydroxyl groups excluding tert-OH is 1. The summed E-state index contributed by atoms with van der Waals surface area (Å²) < 4.78 is 5.19. The molecule has 2 rings (SSSR count). The van der Waals surface area contributed by atoms with E-state index in [1.165, 1.54) is 0 Å². The van der Waals surface area contributed by atoms with E-state index in [0.717, 1.165) is 17.7 Å². The third-order valence-corrected chi connectivity index (χ3v) is 4.46. The number of benzene rings is 1. The topological polar surface area (TPSA) is 59.2 Å². The highest BCUT2D eigenvalue weighted by molar-refractivity contribution is 7.99. The zero-order valence-corrected chi connectivity index (χ0v) is 12.6. The molecule has 1 aromatic carbocycles. The van der Waals surface area contributed by atoms with E-state index in [0.29, 0.717) is 23.4 Å². The maximum absolute atomic E-state index is 10.1. The SMILES string of the molecule is CCC(C)SCc1noc(CC(O)c2ccccc2)n1. The smallest absolute Gasteiger partial charge is 0.229 e. The Kier molecular flexibility index (Phi) is 5.61. The Labute approximate surface area is 123 Å². The van der Waals surface area contributed by atoms with Crippen LogP contribution in [-0.2, 0) is 12.2 Å². The average molecular weight is 292 g/mol. The van der Waals surface area contributed by atoms with Crippen molar-refractivity contribution in [2.45, 2.75) is 43.8 Å². The van der Waals surface area contributed by atoms with Crippen LogP contribution in [0.5, 0.6) is 0 Å². The van der Waals surface area contributed by atoms with Crippen molar-refractivity contribution in [3.05, 3.63) is 47.6 Å². The Morgan fingerprint density at radius 3 is 2.75 bits per heavy atom. The molecule has 0 amide bonds. The van der Waals surface area contributed by atoms with Crippen molar-refractivity contribution < 1.29 is 9.63 Å². The van der Waals surface area contributed by atoms with Gasteiger partial charge in [-0.15, -0.1) is 0 Å². The fraction of sp³-hybridized carbons (Fsp3) is 0.467. The minimum atomic E-state index is -0.605. The van der Waals surface area contributed by atoms with Gasteiger partial charge in [-0.2, -0.15) is 16.7 Å². The molecule has 20 heavy (non-hydrogen) atoms. The molecule has 0 spiro atoms. The fourth-order valence-electron chi connectivity index (χ4n) is 1.72. The summed E-state index contributed by atoms with van der Waals surface area (Å²) >= 11 is 1.81. The second-order valence-corrected chi connectivity index (χ2v) is 6.19. The van der Waals surface area contributed by atoms with Crippen LogP contribution < -0.4 is 0 Å². The number of hydrogen-bond acceptors (Lipinski definition) is 5. The maximum atomic E-state index is 10.1. The molecule has 2 aromatic rings. The lowest BCUT2D eigenvalue weighted by atomic mass is 10.1. The van der Waals surface area contributed by atoms with Crippen LogP contribution in [0.1, 0.15) is 43.7 Å². The summed E-state index contributed by atoms with van der Waals surface area (Å²) in [6, 6.07) is 9.51. The molecule has 1 N–H and O–H groups in total. The van der Waals surface area contributed by atoms with Crippen molar-refractivity contribution in [1.82, 2.24) is 10.1 Å². The van der Waals surface area contributed by atoms with E-state index in [9.17, 15) is 5.11 Å². The molecule has 5 heteroatoms. The van der Waals surface area contributed by atoms with Crippen molar-refractivity contribution in [3.63, 3.8) is 0 Å². The van der Waals surface area contributed by atoms with Gasteiger partial charge in [0.05, 0.1) is 18.3 Å². The average Bonchev–Trinajstić information content (AvgIpc) is 2.93. The van der Waals surface area contributed by atoms with Crippen LogP contribution in [0, 0.1) is 0 Å². The van der Waals surface area contributed by atoms with Crippen molar-refractivity contribution in [1.29, 1.82) is 0 Å². The Morgan fingerprint density at radius 1 is 1.30 bits per heavy atom. The summed E-state index contributed by atoms with van der Waals surface area (Å²) in [5.41, 5.74) is 0.862. The zero-order valence-electron chi connectivity index (χ0n) is 11.8. The van der Waals surface area contributed by atoms with Crippen molar-refractivity contribution in [3.8, 4) is 0 Å². The first-order valence-electron chi connectivity index (χ1n) is 6.85. The van der Waals surface area contributed by atoms with Crippen LogP contribution in [0.4, 0.5) is 0 Å². The summed E-state index contributed by atoms with van der Waals surface area (Å²) in [7, 11) is 0. The molecule has 0 bridgehead atoms. The van der Waals surface area contributed by atoms with Crippen LogP contribution in [0.3, 0.4) is 0 Å². The normalized spacial score (nSPS) is 14.2. The molecular formula is C15H20N2O2S. The van der Waals surface area contributed by atoms with Gasteiger partial charge in [-0.05, 0) is 12.0 Å². The fourth-order valence-corrected chi connectivity index (χ4v) is 2.51. The van der Waals surface area contributed by atoms with Gasteiger partial charge in [0.15, 0.2) is 5.82 Å². The van der Waals surface area contributed by atoms with Gasteiger partial charge < -0.3 is 9.63 Å². The first kappa shape index (κ1) is 15.1. The minimum Gasteiger partial charge on any atom is -0.388 e. The molecular weight excluding hydrogens is 272 g/mol. The van der Waals surface area contributed by atoms with Gasteiger partial charge >= 0.3 is 0 Å². The highest BCUT2D eigenvalue weighted by atomic mass is 32.2. The minimum absolute atomic E-state index is 0.352. The quantitative estimate of drug-likeness (QED) is 0.847. The predicted molar refractivity (Wildman–Crippen MR) is 80.5 cm³/mol. The first-order valence-corrected chi connectivity index (χ1v) is 7.90. The summed E-state index contributed by atoms with van der Waals surface area (Å²) in [6.45, 7) is 4.35. The first-order chi connectivity index (χ1) is 9.69. The molecule has 0 aliphatic carbocycles. The molecule has 0 saturated carbocycles. The maximum Gasteiger partial charge on any atom is 0.229 e. The van der Waals surface area contributed by atoms with Gasteiger partial charge in [0.2, 0.25) is 5.89 Å². The summed E-state index contributed by atoms with van der Waals surface area (Å²) in [6.07, 6.45) is 0.874. The summed E-state index contributed by atoms with van der Waals surface area (Å²) in [5.74, 6) is 1.94. The van der Waals surface area contributed by atoms with Gasteiger partial charge in [0.1, 0.15) is 0 Å². The Balaban J connectivity index is 1.89. The number of thioether (sulfide) groups is 1. The number of hydrogen-bond donors (Lipinski definition) is 1. The number of aliphatic hydroxyl groups is 1. The highest BCUT2D eigenvalue weighted by Gasteiger charge is 2.14. The third kappa shape index (κ3) is 4.35. The predicted octanol–water partition coefficient (Wildman–Crippen LogP) is 3.38. The molecule has 0 radical (unpaired) electrons. The third-order valence-electron chi connectivity index (χ3n) is 3.13. The van der Waals surface area contributed by atoms with Crippen LogP contribution in [0.25, 0.3) is 0 Å².